The van der Waals surface area contributed by atoms with Gasteiger partial charge in [-0.1, -0.05) is 58.6 Å². The van der Waals surface area contributed by atoms with Crippen molar-refractivity contribution in [2.45, 2.75) is 58.8 Å². The summed E-state index contributed by atoms with van der Waals surface area (Å²) >= 11 is 6.03. The van der Waals surface area contributed by atoms with E-state index in [1.807, 2.05) is 0 Å². The van der Waals surface area contributed by atoms with Crippen LogP contribution in [0.1, 0.15) is 59.2 Å². The Morgan fingerprint density at radius 2 is 1.89 bits per heavy atom. The zero-order valence-corrected chi connectivity index (χ0v) is 12.6. The van der Waals surface area contributed by atoms with E-state index in [4.69, 9.17) is 11.6 Å². The SMILES string of the molecule is CCCCCCNc1cc(Cl)nc(C(C)(C)C)n1. The van der Waals surface area contributed by atoms with Crippen LogP contribution in [0.3, 0.4) is 0 Å². The predicted molar refractivity (Wildman–Crippen MR) is 78.4 cm³/mol. The average Bonchev–Trinajstić information content (AvgIpc) is 2.27. The second kappa shape index (κ2) is 6.93. The Balaban J connectivity index is 2.58. The van der Waals surface area contributed by atoms with Crippen LogP contribution in [0, 0.1) is 0 Å². The van der Waals surface area contributed by atoms with E-state index in [1.165, 1.54) is 25.7 Å². The Hall–Kier alpha value is -0.830. The van der Waals surface area contributed by atoms with E-state index in [2.05, 4.69) is 43.0 Å². The van der Waals surface area contributed by atoms with Gasteiger partial charge >= 0.3 is 0 Å². The van der Waals surface area contributed by atoms with Crippen molar-refractivity contribution in [1.29, 1.82) is 0 Å². The van der Waals surface area contributed by atoms with E-state index in [0.717, 1.165) is 18.2 Å². The predicted octanol–water partition coefficient (Wildman–Crippen LogP) is 4.42. The van der Waals surface area contributed by atoms with Gasteiger partial charge in [0, 0.05) is 18.0 Å². The molecule has 1 N–H and O–H groups in total. The number of nitrogens with one attached hydrogen (secondary N) is 1. The fourth-order valence-corrected chi connectivity index (χ4v) is 1.80. The largest absolute Gasteiger partial charge is 0.370 e. The highest BCUT2D eigenvalue weighted by Crippen LogP contribution is 2.22. The van der Waals surface area contributed by atoms with E-state index < -0.39 is 0 Å². The summed E-state index contributed by atoms with van der Waals surface area (Å²) in [4.78, 5) is 8.79. The van der Waals surface area contributed by atoms with E-state index in [9.17, 15) is 0 Å². The van der Waals surface area contributed by atoms with Crippen LogP contribution < -0.4 is 5.32 Å². The van der Waals surface area contributed by atoms with Crippen molar-refractivity contribution in [2.24, 2.45) is 0 Å². The molecule has 3 nitrogen and oxygen atoms in total. The Morgan fingerprint density at radius 3 is 2.50 bits per heavy atom. The number of unbranched alkanes of at least 4 members (excludes halogenated alkanes) is 3. The quantitative estimate of drug-likeness (QED) is 0.614. The number of aromatic nitrogens is 2. The van der Waals surface area contributed by atoms with Gasteiger partial charge in [0.05, 0.1) is 0 Å². The summed E-state index contributed by atoms with van der Waals surface area (Å²) in [6, 6.07) is 1.79. The van der Waals surface area contributed by atoms with E-state index in [0.29, 0.717) is 5.15 Å². The normalized spacial score (nSPS) is 11.6. The second-order valence-corrected chi connectivity index (χ2v) is 6.02. The topological polar surface area (TPSA) is 37.8 Å². The monoisotopic (exact) mass is 269 g/mol. The molecule has 0 saturated heterocycles. The lowest BCUT2D eigenvalue weighted by Crippen LogP contribution is -2.17. The maximum atomic E-state index is 6.03. The summed E-state index contributed by atoms with van der Waals surface area (Å²) in [7, 11) is 0. The molecule has 0 atom stereocenters. The van der Waals surface area contributed by atoms with E-state index in [1.54, 1.807) is 6.07 Å². The zero-order chi connectivity index (χ0) is 13.6. The number of anilines is 1. The number of rotatable bonds is 6. The number of nitrogens with zero attached hydrogens (tertiary/aromatic N) is 2. The molecule has 0 unspecified atom stereocenters. The molecule has 18 heavy (non-hydrogen) atoms. The van der Waals surface area contributed by atoms with Crippen LogP contribution in [-0.2, 0) is 5.41 Å². The third-order valence-electron chi connectivity index (χ3n) is 2.70. The molecule has 1 heterocycles. The lowest BCUT2D eigenvalue weighted by molar-refractivity contribution is 0.545. The molecule has 0 aliphatic rings. The minimum atomic E-state index is -0.0798. The van der Waals surface area contributed by atoms with Crippen molar-refractivity contribution < 1.29 is 0 Å². The van der Waals surface area contributed by atoms with Crippen LogP contribution in [0.5, 0.6) is 0 Å². The van der Waals surface area contributed by atoms with E-state index in [-0.39, 0.29) is 5.41 Å². The van der Waals surface area contributed by atoms with Gasteiger partial charge in [-0.3, -0.25) is 0 Å². The van der Waals surface area contributed by atoms with Crippen molar-refractivity contribution in [3.63, 3.8) is 0 Å². The molecule has 0 aromatic carbocycles. The van der Waals surface area contributed by atoms with Gasteiger partial charge in [-0.15, -0.1) is 0 Å². The molecule has 102 valence electrons. The highest BCUT2D eigenvalue weighted by Gasteiger charge is 2.18. The van der Waals surface area contributed by atoms with Crippen molar-refractivity contribution in [3.05, 3.63) is 17.0 Å². The molecule has 0 amide bonds. The molecule has 0 aliphatic carbocycles. The van der Waals surface area contributed by atoms with Crippen LogP contribution in [0.15, 0.2) is 6.07 Å². The Bertz CT molecular complexity index is 372. The van der Waals surface area contributed by atoms with Gasteiger partial charge in [-0.05, 0) is 6.42 Å². The molecule has 1 rings (SSSR count). The van der Waals surface area contributed by atoms with Crippen molar-refractivity contribution >= 4 is 17.4 Å². The Morgan fingerprint density at radius 1 is 1.17 bits per heavy atom. The molecule has 0 spiro atoms. The third kappa shape index (κ3) is 5.21. The van der Waals surface area contributed by atoms with Gasteiger partial charge < -0.3 is 5.32 Å². The fourth-order valence-electron chi connectivity index (χ4n) is 1.61. The van der Waals surface area contributed by atoms with Gasteiger partial charge in [-0.2, -0.15) is 0 Å². The van der Waals surface area contributed by atoms with Crippen LogP contribution in [0.4, 0.5) is 5.82 Å². The highest BCUT2D eigenvalue weighted by molar-refractivity contribution is 6.29. The first-order valence-corrected chi connectivity index (χ1v) is 7.10. The van der Waals surface area contributed by atoms with Crippen LogP contribution in [-0.4, -0.2) is 16.5 Å². The minimum Gasteiger partial charge on any atom is -0.370 e. The summed E-state index contributed by atoms with van der Waals surface area (Å²) in [6.45, 7) is 9.42. The molecule has 0 bridgehead atoms. The zero-order valence-electron chi connectivity index (χ0n) is 11.9. The second-order valence-electron chi connectivity index (χ2n) is 5.64. The maximum absolute atomic E-state index is 6.03. The molecule has 4 heteroatoms. The molecular formula is C14H24ClN3. The molecule has 0 saturated carbocycles. The standard InChI is InChI=1S/C14H24ClN3/c1-5-6-7-8-9-16-12-10-11(15)17-13(18-12)14(2,3)4/h10H,5-9H2,1-4H3,(H,16,17,18). The van der Waals surface area contributed by atoms with Gasteiger partial charge in [0.15, 0.2) is 0 Å². The lowest BCUT2D eigenvalue weighted by atomic mass is 9.96. The van der Waals surface area contributed by atoms with Crippen molar-refractivity contribution in [3.8, 4) is 0 Å². The molecule has 0 fully saturated rings. The van der Waals surface area contributed by atoms with Crippen molar-refractivity contribution in [1.82, 2.24) is 9.97 Å². The first-order chi connectivity index (χ1) is 8.43. The summed E-state index contributed by atoms with van der Waals surface area (Å²) < 4.78 is 0. The first-order valence-electron chi connectivity index (χ1n) is 6.72. The summed E-state index contributed by atoms with van der Waals surface area (Å²) in [6.07, 6.45) is 4.97. The Labute approximate surface area is 115 Å². The third-order valence-corrected chi connectivity index (χ3v) is 2.90. The van der Waals surface area contributed by atoms with Crippen LogP contribution >= 0.6 is 11.6 Å². The van der Waals surface area contributed by atoms with Gasteiger partial charge in [0.2, 0.25) is 0 Å². The highest BCUT2D eigenvalue weighted by atomic mass is 35.5. The van der Waals surface area contributed by atoms with Gasteiger partial charge in [0.1, 0.15) is 16.8 Å². The van der Waals surface area contributed by atoms with Crippen molar-refractivity contribution in [2.75, 3.05) is 11.9 Å². The number of hydrogen-bond donors (Lipinski definition) is 1. The summed E-state index contributed by atoms with van der Waals surface area (Å²) in [5.41, 5.74) is -0.0798. The Kier molecular flexibility index (Phi) is 5.86. The molecule has 0 radical (unpaired) electrons. The fraction of sp³-hybridized carbons (Fsp3) is 0.714. The number of hydrogen-bond acceptors (Lipinski definition) is 3. The van der Waals surface area contributed by atoms with Gasteiger partial charge in [-0.25, -0.2) is 9.97 Å². The summed E-state index contributed by atoms with van der Waals surface area (Å²) in [5.74, 6) is 1.61. The maximum Gasteiger partial charge on any atom is 0.137 e. The van der Waals surface area contributed by atoms with Gasteiger partial charge in [0.25, 0.3) is 0 Å². The van der Waals surface area contributed by atoms with Crippen LogP contribution in [0.25, 0.3) is 0 Å². The molecule has 1 aromatic heterocycles. The molecule has 0 aliphatic heterocycles. The molecule has 1 aromatic rings. The average molecular weight is 270 g/mol. The van der Waals surface area contributed by atoms with E-state index >= 15 is 0 Å². The first kappa shape index (κ1) is 15.2. The summed E-state index contributed by atoms with van der Waals surface area (Å²) in [5, 5.41) is 3.83. The smallest absolute Gasteiger partial charge is 0.137 e. The lowest BCUT2D eigenvalue weighted by Gasteiger charge is -2.17. The number of halogens is 1. The van der Waals surface area contributed by atoms with Crippen LogP contribution in [0.2, 0.25) is 5.15 Å². The minimum absolute atomic E-state index is 0.0798. The molecular weight excluding hydrogens is 246 g/mol.